The molecule has 0 saturated carbocycles. The van der Waals surface area contributed by atoms with E-state index in [1.54, 1.807) is 0 Å². The first-order chi connectivity index (χ1) is 12.2. The minimum Gasteiger partial charge on any atom is -0.378 e. The molecule has 6 nitrogen and oxygen atoms in total. The van der Waals surface area contributed by atoms with Gasteiger partial charge in [0.2, 0.25) is 5.91 Å². The van der Waals surface area contributed by atoms with Gasteiger partial charge in [0, 0.05) is 25.7 Å². The second-order valence-corrected chi connectivity index (χ2v) is 7.05. The predicted octanol–water partition coefficient (Wildman–Crippen LogP) is 1.92. The highest BCUT2D eigenvalue weighted by atomic mass is 16.5. The Kier molecular flexibility index (Phi) is 4.72. The van der Waals surface area contributed by atoms with Crippen molar-refractivity contribution in [1.82, 2.24) is 19.4 Å². The number of para-hydroxylation sites is 2. The zero-order valence-corrected chi connectivity index (χ0v) is 14.8. The minimum atomic E-state index is -0.0734. The number of morpholine rings is 1. The molecule has 134 valence electrons. The molecule has 2 saturated heterocycles. The summed E-state index contributed by atoms with van der Waals surface area (Å²) in [5.74, 6) is 0.236. The van der Waals surface area contributed by atoms with Crippen LogP contribution in [0.3, 0.4) is 0 Å². The summed E-state index contributed by atoms with van der Waals surface area (Å²) in [6.07, 6.45) is 4.19. The van der Waals surface area contributed by atoms with E-state index >= 15 is 0 Å². The Bertz CT molecular complexity index is 738. The third-order valence-electron chi connectivity index (χ3n) is 5.53. The first kappa shape index (κ1) is 16.5. The van der Waals surface area contributed by atoms with Crippen molar-refractivity contribution in [2.45, 2.75) is 31.8 Å². The number of carbonyl (C=O) groups is 1. The van der Waals surface area contributed by atoms with Crippen LogP contribution in [0.4, 0.5) is 0 Å². The normalized spacial score (nSPS) is 23.7. The number of rotatable bonds is 3. The van der Waals surface area contributed by atoms with E-state index in [1.807, 2.05) is 24.2 Å². The quantitative estimate of drug-likeness (QED) is 0.855. The van der Waals surface area contributed by atoms with Crippen molar-refractivity contribution in [3.63, 3.8) is 0 Å². The van der Waals surface area contributed by atoms with Crippen molar-refractivity contribution >= 4 is 16.9 Å². The summed E-state index contributed by atoms with van der Waals surface area (Å²) in [5.41, 5.74) is 2.22. The van der Waals surface area contributed by atoms with Crippen molar-refractivity contribution in [2.75, 3.05) is 39.4 Å². The van der Waals surface area contributed by atoms with E-state index in [0.717, 1.165) is 31.4 Å². The number of imidazole rings is 1. The van der Waals surface area contributed by atoms with E-state index in [2.05, 4.69) is 32.7 Å². The molecule has 1 amide bonds. The molecule has 0 bridgehead atoms. The zero-order valence-electron chi connectivity index (χ0n) is 14.8. The third kappa shape index (κ3) is 3.28. The Morgan fingerprint density at radius 1 is 1.24 bits per heavy atom. The van der Waals surface area contributed by atoms with Gasteiger partial charge in [-0.2, -0.15) is 0 Å². The van der Waals surface area contributed by atoms with Crippen molar-refractivity contribution in [1.29, 1.82) is 0 Å². The van der Waals surface area contributed by atoms with Crippen LogP contribution in [-0.2, 0) is 9.53 Å². The predicted molar refractivity (Wildman–Crippen MR) is 96.4 cm³/mol. The maximum atomic E-state index is 12.8. The highest BCUT2D eigenvalue weighted by Crippen LogP contribution is 2.27. The van der Waals surface area contributed by atoms with Gasteiger partial charge >= 0.3 is 0 Å². The number of nitrogens with zero attached hydrogens (tertiary/aromatic N) is 4. The molecule has 2 fully saturated rings. The van der Waals surface area contributed by atoms with Crippen LogP contribution in [0.5, 0.6) is 0 Å². The van der Waals surface area contributed by atoms with E-state index < -0.39 is 0 Å². The smallest absolute Gasteiger partial charge is 0.239 e. The summed E-state index contributed by atoms with van der Waals surface area (Å²) >= 11 is 0. The summed E-state index contributed by atoms with van der Waals surface area (Å²) in [6, 6.07) is 8.57. The fourth-order valence-corrected chi connectivity index (χ4v) is 4.04. The van der Waals surface area contributed by atoms with Gasteiger partial charge in [-0.05, 0) is 38.4 Å². The van der Waals surface area contributed by atoms with Crippen molar-refractivity contribution in [3.8, 4) is 0 Å². The number of aromatic nitrogens is 2. The number of benzene rings is 1. The van der Waals surface area contributed by atoms with E-state index in [1.165, 1.54) is 5.52 Å². The molecular weight excluding hydrogens is 316 g/mol. The van der Waals surface area contributed by atoms with E-state index in [9.17, 15) is 4.79 Å². The molecule has 2 atom stereocenters. The van der Waals surface area contributed by atoms with E-state index in [-0.39, 0.29) is 11.9 Å². The molecule has 2 aliphatic heterocycles. The van der Waals surface area contributed by atoms with Gasteiger partial charge in [0.1, 0.15) is 0 Å². The molecule has 0 N–H and O–H groups in total. The van der Waals surface area contributed by atoms with Crippen LogP contribution in [0.2, 0.25) is 0 Å². The summed E-state index contributed by atoms with van der Waals surface area (Å²) in [7, 11) is 0. The number of ether oxygens (including phenoxy) is 1. The molecule has 0 unspecified atom stereocenters. The number of likely N-dealkylation sites (tertiary alicyclic amines) is 1. The molecule has 25 heavy (non-hydrogen) atoms. The van der Waals surface area contributed by atoms with Gasteiger partial charge in [0.25, 0.3) is 0 Å². The molecular formula is C19H26N4O2. The summed E-state index contributed by atoms with van der Waals surface area (Å²) < 4.78 is 7.65. The Hall–Kier alpha value is -1.92. The van der Waals surface area contributed by atoms with E-state index in [4.69, 9.17) is 4.74 Å². The third-order valence-corrected chi connectivity index (χ3v) is 5.53. The lowest BCUT2D eigenvalue weighted by Crippen LogP contribution is -2.52. The monoisotopic (exact) mass is 342 g/mol. The Morgan fingerprint density at radius 2 is 2.04 bits per heavy atom. The average molecular weight is 342 g/mol. The molecule has 0 aliphatic carbocycles. The maximum absolute atomic E-state index is 12.8. The lowest BCUT2D eigenvalue weighted by Gasteiger charge is -2.39. The second-order valence-electron chi connectivity index (χ2n) is 7.05. The number of hydrogen-bond acceptors (Lipinski definition) is 4. The molecule has 1 aromatic carbocycles. The fourth-order valence-electron chi connectivity index (χ4n) is 4.04. The first-order valence-electron chi connectivity index (χ1n) is 9.26. The molecule has 1 aromatic heterocycles. The minimum absolute atomic E-state index is 0.0734. The number of fused-ring (bicyclic) bond motifs is 1. The summed E-state index contributed by atoms with van der Waals surface area (Å²) in [5, 5.41) is 0. The molecule has 2 aliphatic rings. The topological polar surface area (TPSA) is 50.6 Å². The zero-order chi connectivity index (χ0) is 17.2. The van der Waals surface area contributed by atoms with Gasteiger partial charge in [-0.3, -0.25) is 9.69 Å². The Balaban J connectivity index is 1.48. The van der Waals surface area contributed by atoms with Crippen LogP contribution in [-0.4, -0.2) is 70.7 Å². The number of carbonyl (C=O) groups excluding carboxylic acids is 1. The van der Waals surface area contributed by atoms with Gasteiger partial charge in [-0.25, -0.2) is 4.98 Å². The van der Waals surface area contributed by atoms with Crippen LogP contribution >= 0.6 is 0 Å². The van der Waals surface area contributed by atoms with Gasteiger partial charge in [-0.1, -0.05) is 12.1 Å². The molecule has 0 radical (unpaired) electrons. The van der Waals surface area contributed by atoms with Gasteiger partial charge in [-0.15, -0.1) is 0 Å². The van der Waals surface area contributed by atoms with Crippen LogP contribution in [0.15, 0.2) is 30.6 Å². The Labute approximate surface area is 148 Å². The van der Waals surface area contributed by atoms with Crippen LogP contribution in [0.1, 0.15) is 25.8 Å². The summed E-state index contributed by atoms with van der Waals surface area (Å²) in [4.78, 5) is 21.6. The average Bonchev–Trinajstić information content (AvgIpc) is 3.12. The molecule has 3 heterocycles. The van der Waals surface area contributed by atoms with Gasteiger partial charge < -0.3 is 14.2 Å². The highest BCUT2D eigenvalue weighted by Gasteiger charge is 2.31. The SMILES string of the molecule is C[C@H](C(=O)N1CCOCC1)N1CCC[C@H](n2cnc3ccccc32)C1. The maximum Gasteiger partial charge on any atom is 0.239 e. The van der Waals surface area contributed by atoms with Crippen molar-refractivity contribution in [3.05, 3.63) is 30.6 Å². The molecule has 6 heteroatoms. The van der Waals surface area contributed by atoms with Crippen LogP contribution < -0.4 is 0 Å². The lowest BCUT2D eigenvalue weighted by atomic mass is 10.0. The van der Waals surface area contributed by atoms with Crippen LogP contribution in [0, 0.1) is 0 Å². The molecule has 4 rings (SSSR count). The molecule has 0 spiro atoms. The first-order valence-corrected chi connectivity index (χ1v) is 9.26. The van der Waals surface area contributed by atoms with Crippen LogP contribution in [0.25, 0.3) is 11.0 Å². The number of hydrogen-bond donors (Lipinski definition) is 0. The fraction of sp³-hybridized carbons (Fsp3) is 0.579. The summed E-state index contributed by atoms with van der Waals surface area (Å²) in [6.45, 7) is 6.67. The standard InChI is InChI=1S/C19H26N4O2/c1-15(19(24)21-9-11-25-12-10-21)22-8-4-5-16(13-22)23-14-20-17-6-2-3-7-18(17)23/h2-3,6-7,14-16H,4-5,8-13H2,1H3/t15-,16+/m1/s1. The van der Waals surface area contributed by atoms with Gasteiger partial charge in [0.05, 0.1) is 36.6 Å². The lowest BCUT2D eigenvalue weighted by molar-refractivity contribution is -0.141. The second kappa shape index (κ2) is 7.14. The molecule has 2 aromatic rings. The van der Waals surface area contributed by atoms with E-state index in [0.29, 0.717) is 32.3 Å². The Morgan fingerprint density at radius 3 is 2.88 bits per heavy atom. The van der Waals surface area contributed by atoms with Crippen molar-refractivity contribution in [2.24, 2.45) is 0 Å². The van der Waals surface area contributed by atoms with Crippen molar-refractivity contribution < 1.29 is 9.53 Å². The largest absolute Gasteiger partial charge is 0.378 e. The highest BCUT2D eigenvalue weighted by molar-refractivity contribution is 5.81. The number of piperidine rings is 1. The number of amides is 1. The van der Waals surface area contributed by atoms with Gasteiger partial charge in [0.15, 0.2) is 0 Å².